The first-order chi connectivity index (χ1) is 13.7. The van der Waals surface area contributed by atoms with Gasteiger partial charge >= 0.3 is 0 Å². The number of fused-ring (bicyclic) bond motifs is 5. The van der Waals surface area contributed by atoms with Crippen LogP contribution in [-0.4, -0.2) is 22.4 Å². The molecule has 0 heterocycles. The maximum atomic E-state index is 11.3. The van der Waals surface area contributed by atoms with Crippen LogP contribution in [0.5, 0.6) is 0 Å². The summed E-state index contributed by atoms with van der Waals surface area (Å²) in [5, 5.41) is 21.5. The first-order valence-corrected chi connectivity index (χ1v) is 12.4. The summed E-state index contributed by atoms with van der Waals surface area (Å²) in [6.45, 7) is 11.8. The highest BCUT2D eigenvalue weighted by Crippen LogP contribution is 2.67. The molecule has 0 aromatic heterocycles. The van der Waals surface area contributed by atoms with Gasteiger partial charge in [-0.25, -0.2) is 0 Å². The van der Waals surface area contributed by atoms with E-state index in [0.717, 1.165) is 32.1 Å². The summed E-state index contributed by atoms with van der Waals surface area (Å²) < 4.78 is 0. The minimum absolute atomic E-state index is 0.128. The van der Waals surface area contributed by atoms with Crippen molar-refractivity contribution < 1.29 is 10.2 Å². The Labute approximate surface area is 178 Å². The van der Waals surface area contributed by atoms with Crippen LogP contribution in [-0.2, 0) is 0 Å². The third-order valence-corrected chi connectivity index (χ3v) is 9.99. The molecule has 4 rings (SSSR count). The van der Waals surface area contributed by atoms with Gasteiger partial charge < -0.3 is 10.2 Å². The lowest BCUT2D eigenvalue weighted by atomic mass is 9.46. The summed E-state index contributed by atoms with van der Waals surface area (Å²) in [4.78, 5) is 0. The Hall–Kier alpha value is -0.600. The monoisotopic (exact) mass is 400 g/mol. The van der Waals surface area contributed by atoms with E-state index in [0.29, 0.717) is 35.0 Å². The van der Waals surface area contributed by atoms with E-state index in [-0.39, 0.29) is 17.6 Å². The van der Waals surface area contributed by atoms with Gasteiger partial charge in [0.25, 0.3) is 0 Å². The largest absolute Gasteiger partial charge is 0.393 e. The van der Waals surface area contributed by atoms with Gasteiger partial charge in [-0.3, -0.25) is 0 Å². The van der Waals surface area contributed by atoms with Crippen molar-refractivity contribution in [2.75, 3.05) is 0 Å². The first-order valence-electron chi connectivity index (χ1n) is 12.4. The van der Waals surface area contributed by atoms with Crippen LogP contribution in [0, 0.1) is 40.4 Å². The van der Waals surface area contributed by atoms with Crippen LogP contribution in [0.1, 0.15) is 92.4 Å². The Bertz CT molecular complexity index is 674. The molecule has 0 aliphatic heterocycles. The van der Waals surface area contributed by atoms with Gasteiger partial charge in [0.2, 0.25) is 0 Å². The number of hydrogen-bond donors (Lipinski definition) is 2. The van der Waals surface area contributed by atoms with Gasteiger partial charge in [0, 0.05) is 0 Å². The standard InChI is InChI=1S/C27H44O2/c1-17(2)7-6-8-18(3)23-16-24(29)25-21-10-9-19-15-20(28)11-13-26(19,4)22(21)12-14-27(23,25)5/h7,9,18,20-25,28-29H,6,8,10-16H2,1-5H3/t18-,20-,21-,22+,23-,24+,25-,26+,27-/m1/s1. The van der Waals surface area contributed by atoms with Crippen LogP contribution in [0.25, 0.3) is 0 Å². The highest BCUT2D eigenvalue weighted by atomic mass is 16.3. The summed E-state index contributed by atoms with van der Waals surface area (Å²) >= 11 is 0. The molecule has 2 heteroatoms. The second-order valence-electron chi connectivity index (χ2n) is 11.9. The van der Waals surface area contributed by atoms with E-state index in [4.69, 9.17) is 0 Å². The molecule has 0 aromatic carbocycles. The number of aliphatic hydroxyl groups excluding tert-OH is 2. The molecular formula is C27H44O2. The van der Waals surface area contributed by atoms with Crippen LogP contribution in [0.3, 0.4) is 0 Å². The molecule has 0 amide bonds. The van der Waals surface area contributed by atoms with E-state index in [2.05, 4.69) is 46.8 Å². The van der Waals surface area contributed by atoms with Crippen molar-refractivity contribution in [2.45, 2.75) is 105 Å². The van der Waals surface area contributed by atoms with Crippen molar-refractivity contribution in [2.24, 2.45) is 40.4 Å². The molecule has 2 N–H and O–H groups in total. The zero-order chi connectivity index (χ0) is 21.0. The van der Waals surface area contributed by atoms with Crippen LogP contribution < -0.4 is 0 Å². The van der Waals surface area contributed by atoms with Crippen LogP contribution in [0.2, 0.25) is 0 Å². The molecule has 4 aliphatic rings. The SMILES string of the molecule is CC(C)=CCC[C@@H](C)[C@H]1C[C@H](O)[C@H]2[C@@H]3CC=C4C[C@H](O)CC[C@]4(C)[C@H]3CC[C@@]21C. The van der Waals surface area contributed by atoms with E-state index >= 15 is 0 Å². The molecule has 3 saturated carbocycles. The average molecular weight is 401 g/mol. The molecule has 4 aliphatic carbocycles. The zero-order valence-electron chi connectivity index (χ0n) is 19.5. The van der Waals surface area contributed by atoms with Gasteiger partial charge in [-0.2, -0.15) is 0 Å². The number of rotatable bonds is 4. The molecule has 0 unspecified atom stereocenters. The third kappa shape index (κ3) is 3.57. The lowest BCUT2D eigenvalue weighted by molar-refractivity contribution is -0.0814. The van der Waals surface area contributed by atoms with Crippen molar-refractivity contribution in [1.29, 1.82) is 0 Å². The highest BCUT2D eigenvalue weighted by Gasteiger charge is 2.61. The quantitative estimate of drug-likeness (QED) is 0.545. The zero-order valence-corrected chi connectivity index (χ0v) is 19.5. The third-order valence-electron chi connectivity index (χ3n) is 9.99. The molecule has 0 bridgehead atoms. The molecule has 2 nitrogen and oxygen atoms in total. The lowest BCUT2D eigenvalue weighted by Gasteiger charge is -2.58. The molecule has 9 atom stereocenters. The molecule has 164 valence electrons. The number of allylic oxidation sites excluding steroid dienone is 3. The van der Waals surface area contributed by atoms with Gasteiger partial charge in [-0.1, -0.05) is 44.1 Å². The Morgan fingerprint density at radius 2 is 1.97 bits per heavy atom. The Balaban J connectivity index is 1.56. The molecular weight excluding hydrogens is 356 g/mol. The highest BCUT2D eigenvalue weighted by molar-refractivity contribution is 5.26. The van der Waals surface area contributed by atoms with E-state index in [1.165, 1.54) is 36.8 Å². The first kappa shape index (κ1) is 21.6. The second kappa shape index (κ2) is 7.83. The van der Waals surface area contributed by atoms with Crippen molar-refractivity contribution in [3.05, 3.63) is 23.3 Å². The topological polar surface area (TPSA) is 40.5 Å². The van der Waals surface area contributed by atoms with Crippen LogP contribution in [0.4, 0.5) is 0 Å². The van der Waals surface area contributed by atoms with E-state index in [1.807, 2.05) is 0 Å². The fourth-order valence-electron chi connectivity index (χ4n) is 8.47. The Morgan fingerprint density at radius 3 is 2.69 bits per heavy atom. The summed E-state index contributed by atoms with van der Waals surface area (Å²) in [5.41, 5.74) is 3.50. The summed E-state index contributed by atoms with van der Waals surface area (Å²) in [5.74, 6) is 3.12. The van der Waals surface area contributed by atoms with Crippen molar-refractivity contribution >= 4 is 0 Å². The van der Waals surface area contributed by atoms with Crippen LogP contribution in [0.15, 0.2) is 23.3 Å². The van der Waals surface area contributed by atoms with Crippen molar-refractivity contribution in [3.8, 4) is 0 Å². The smallest absolute Gasteiger partial charge is 0.0579 e. The molecule has 0 aromatic rings. The van der Waals surface area contributed by atoms with Gasteiger partial charge in [0.1, 0.15) is 0 Å². The molecule has 29 heavy (non-hydrogen) atoms. The molecule has 3 fully saturated rings. The van der Waals surface area contributed by atoms with Gasteiger partial charge in [0.15, 0.2) is 0 Å². The minimum Gasteiger partial charge on any atom is -0.393 e. The Morgan fingerprint density at radius 1 is 1.21 bits per heavy atom. The Kier molecular flexibility index (Phi) is 5.84. The van der Waals surface area contributed by atoms with Gasteiger partial charge in [-0.05, 0) is 112 Å². The second-order valence-corrected chi connectivity index (χ2v) is 11.9. The predicted molar refractivity (Wildman–Crippen MR) is 120 cm³/mol. The summed E-state index contributed by atoms with van der Waals surface area (Å²) in [7, 11) is 0. The van der Waals surface area contributed by atoms with Crippen molar-refractivity contribution in [1.82, 2.24) is 0 Å². The van der Waals surface area contributed by atoms with Gasteiger partial charge in [-0.15, -0.1) is 0 Å². The maximum absolute atomic E-state index is 11.3. The van der Waals surface area contributed by atoms with E-state index in [9.17, 15) is 10.2 Å². The average Bonchev–Trinajstić information content (AvgIpc) is 2.93. The van der Waals surface area contributed by atoms with Gasteiger partial charge in [0.05, 0.1) is 12.2 Å². The van der Waals surface area contributed by atoms with E-state index < -0.39 is 0 Å². The lowest BCUT2D eigenvalue weighted by Crippen LogP contribution is -2.52. The maximum Gasteiger partial charge on any atom is 0.0579 e. The molecule has 0 saturated heterocycles. The summed E-state index contributed by atoms with van der Waals surface area (Å²) in [6, 6.07) is 0. The fraction of sp³-hybridized carbons (Fsp3) is 0.852. The van der Waals surface area contributed by atoms with Crippen molar-refractivity contribution in [3.63, 3.8) is 0 Å². The molecule has 0 spiro atoms. The number of hydrogen-bond acceptors (Lipinski definition) is 2. The van der Waals surface area contributed by atoms with E-state index in [1.54, 1.807) is 0 Å². The normalized spacial score (nSPS) is 47.5. The minimum atomic E-state index is -0.136. The number of aliphatic hydroxyl groups is 2. The van der Waals surface area contributed by atoms with Crippen LogP contribution >= 0.6 is 0 Å². The summed E-state index contributed by atoms with van der Waals surface area (Å²) in [6.07, 6.45) is 14.7. The molecule has 0 radical (unpaired) electrons. The predicted octanol–water partition coefficient (Wildman–Crippen LogP) is 6.28. The fourth-order valence-corrected chi connectivity index (χ4v) is 8.47.